The van der Waals surface area contributed by atoms with Crippen LogP contribution in [-0.2, 0) is 16.2 Å². The molecule has 0 aliphatic heterocycles. The smallest absolute Gasteiger partial charge is 0.0719 e. The third-order valence-corrected chi connectivity index (χ3v) is 14.5. The van der Waals surface area contributed by atoms with Crippen LogP contribution in [-0.4, -0.2) is 0 Å². The van der Waals surface area contributed by atoms with Gasteiger partial charge < -0.3 is 4.90 Å². The molecule has 9 aromatic rings. The molecule has 3 aliphatic rings. The first-order valence-corrected chi connectivity index (χ1v) is 22.0. The third kappa shape index (κ3) is 5.09. The molecule has 0 radical (unpaired) electrons. The molecular formula is C61H47N. The topological polar surface area (TPSA) is 3.24 Å². The van der Waals surface area contributed by atoms with Gasteiger partial charge in [-0.25, -0.2) is 0 Å². The van der Waals surface area contributed by atoms with Gasteiger partial charge in [-0.3, -0.25) is 0 Å². The van der Waals surface area contributed by atoms with Crippen LogP contribution in [0.15, 0.2) is 212 Å². The van der Waals surface area contributed by atoms with Crippen molar-refractivity contribution in [2.45, 2.75) is 43.9 Å². The Labute approximate surface area is 365 Å². The van der Waals surface area contributed by atoms with Crippen LogP contribution < -0.4 is 4.90 Å². The number of benzene rings is 9. The Kier molecular flexibility index (Phi) is 7.91. The highest BCUT2D eigenvalue weighted by Crippen LogP contribution is 2.62. The summed E-state index contributed by atoms with van der Waals surface area (Å²) in [6.07, 6.45) is 0. The van der Waals surface area contributed by atoms with Crippen molar-refractivity contribution < 1.29 is 0 Å². The van der Waals surface area contributed by atoms with Gasteiger partial charge in [0.15, 0.2) is 0 Å². The van der Waals surface area contributed by atoms with E-state index >= 15 is 0 Å². The van der Waals surface area contributed by atoms with Crippen LogP contribution in [0.2, 0.25) is 0 Å². The van der Waals surface area contributed by atoms with Crippen LogP contribution in [0.3, 0.4) is 0 Å². The summed E-state index contributed by atoms with van der Waals surface area (Å²) in [7, 11) is 0. The maximum Gasteiger partial charge on any atom is 0.0719 e. The number of rotatable bonds is 5. The van der Waals surface area contributed by atoms with Crippen molar-refractivity contribution in [1.82, 2.24) is 0 Å². The average molecular weight is 794 g/mol. The molecule has 0 saturated heterocycles. The summed E-state index contributed by atoms with van der Waals surface area (Å²) >= 11 is 0. The van der Waals surface area contributed by atoms with Crippen molar-refractivity contribution in [3.63, 3.8) is 0 Å². The van der Waals surface area contributed by atoms with Crippen LogP contribution in [0.1, 0.15) is 72.2 Å². The summed E-state index contributed by atoms with van der Waals surface area (Å²) in [5, 5.41) is 0. The molecule has 9 aromatic carbocycles. The first-order chi connectivity index (χ1) is 30.3. The lowest BCUT2D eigenvalue weighted by molar-refractivity contribution is 0.563. The van der Waals surface area contributed by atoms with Gasteiger partial charge in [0.2, 0.25) is 0 Å². The number of hydrogen-bond donors (Lipinski definition) is 0. The summed E-state index contributed by atoms with van der Waals surface area (Å²) in [4.78, 5) is 2.39. The number of anilines is 3. The third-order valence-electron chi connectivity index (χ3n) is 14.5. The quantitative estimate of drug-likeness (QED) is 0.168. The van der Waals surface area contributed by atoms with Crippen molar-refractivity contribution in [2.75, 3.05) is 4.90 Å². The zero-order valence-electron chi connectivity index (χ0n) is 35.7. The number of para-hydroxylation sites is 1. The minimum Gasteiger partial charge on any atom is -0.310 e. The van der Waals surface area contributed by atoms with Crippen molar-refractivity contribution in [3.8, 4) is 44.5 Å². The van der Waals surface area contributed by atoms with Gasteiger partial charge in [-0.05, 0) is 138 Å². The highest BCUT2D eigenvalue weighted by Gasteiger charge is 2.53. The first kappa shape index (κ1) is 36.6. The van der Waals surface area contributed by atoms with Gasteiger partial charge >= 0.3 is 0 Å². The van der Waals surface area contributed by atoms with E-state index in [2.05, 4.69) is 245 Å². The minimum atomic E-state index is -0.415. The second-order valence-corrected chi connectivity index (χ2v) is 18.5. The van der Waals surface area contributed by atoms with E-state index in [4.69, 9.17) is 0 Å². The Bertz CT molecular complexity index is 3190. The van der Waals surface area contributed by atoms with E-state index in [1.54, 1.807) is 0 Å². The molecule has 0 heterocycles. The van der Waals surface area contributed by atoms with Crippen LogP contribution in [0.4, 0.5) is 17.1 Å². The zero-order chi connectivity index (χ0) is 41.8. The minimum absolute atomic E-state index is 0.0785. The lowest BCUT2D eigenvalue weighted by atomic mass is 9.55. The second kappa shape index (κ2) is 13.4. The molecule has 1 heteroatoms. The molecule has 12 rings (SSSR count). The molecule has 0 atom stereocenters. The summed E-state index contributed by atoms with van der Waals surface area (Å²) < 4.78 is 0. The molecule has 0 fully saturated rings. The fourth-order valence-corrected chi connectivity index (χ4v) is 11.6. The van der Waals surface area contributed by atoms with E-state index < -0.39 is 5.41 Å². The fraction of sp³-hybridized carbons (Fsp3) is 0.115. The number of fused-ring (bicyclic) bond motifs is 12. The molecule has 1 spiro atoms. The second-order valence-electron chi connectivity index (χ2n) is 18.5. The van der Waals surface area contributed by atoms with Crippen LogP contribution in [0, 0.1) is 0 Å². The van der Waals surface area contributed by atoms with Gasteiger partial charge in [0.25, 0.3) is 0 Å². The summed E-state index contributed by atoms with van der Waals surface area (Å²) in [5.74, 6) is 0. The Morgan fingerprint density at radius 2 is 0.694 bits per heavy atom. The maximum absolute atomic E-state index is 2.50. The van der Waals surface area contributed by atoms with Gasteiger partial charge in [0.05, 0.1) is 5.41 Å². The fourth-order valence-electron chi connectivity index (χ4n) is 11.6. The van der Waals surface area contributed by atoms with Crippen LogP contribution in [0.5, 0.6) is 0 Å². The molecular weight excluding hydrogens is 747 g/mol. The van der Waals surface area contributed by atoms with Crippen molar-refractivity contribution in [2.24, 2.45) is 0 Å². The predicted molar refractivity (Wildman–Crippen MR) is 259 cm³/mol. The van der Waals surface area contributed by atoms with E-state index in [0.29, 0.717) is 0 Å². The monoisotopic (exact) mass is 793 g/mol. The summed E-state index contributed by atoms with van der Waals surface area (Å²) in [5.41, 5.74) is 24.0. The highest BCUT2D eigenvalue weighted by atomic mass is 15.1. The molecule has 0 unspecified atom stereocenters. The zero-order valence-corrected chi connectivity index (χ0v) is 35.7. The summed E-state index contributed by atoms with van der Waals surface area (Å²) in [6, 6.07) is 79.5. The molecule has 0 amide bonds. The average Bonchev–Trinajstić information content (AvgIpc) is 3.74. The molecule has 0 saturated carbocycles. The lowest BCUT2D eigenvalue weighted by Crippen LogP contribution is -2.40. The first-order valence-electron chi connectivity index (χ1n) is 22.0. The highest BCUT2D eigenvalue weighted by molar-refractivity contribution is 5.91. The molecule has 62 heavy (non-hydrogen) atoms. The lowest BCUT2D eigenvalue weighted by Gasteiger charge is -2.46. The van der Waals surface area contributed by atoms with Gasteiger partial charge in [-0.1, -0.05) is 191 Å². The van der Waals surface area contributed by atoms with Gasteiger partial charge in [0, 0.05) is 27.9 Å². The van der Waals surface area contributed by atoms with E-state index in [9.17, 15) is 0 Å². The molecule has 0 bridgehead atoms. The van der Waals surface area contributed by atoms with Gasteiger partial charge in [0.1, 0.15) is 0 Å². The Morgan fingerprint density at radius 3 is 1.37 bits per heavy atom. The normalized spacial score (nSPS) is 15.2. The summed E-state index contributed by atoms with van der Waals surface area (Å²) in [6.45, 7) is 9.48. The van der Waals surface area contributed by atoms with Gasteiger partial charge in [-0.2, -0.15) is 0 Å². The van der Waals surface area contributed by atoms with E-state index in [-0.39, 0.29) is 10.8 Å². The molecule has 0 aromatic heterocycles. The molecule has 3 aliphatic carbocycles. The molecule has 1 nitrogen and oxygen atoms in total. The van der Waals surface area contributed by atoms with E-state index in [1.807, 2.05) is 0 Å². The predicted octanol–water partition coefficient (Wildman–Crippen LogP) is 15.8. The van der Waals surface area contributed by atoms with Gasteiger partial charge in [-0.15, -0.1) is 0 Å². The SMILES string of the molecule is CC1(C)c2ccccc2-c2ccc(N(c3ccccc3)c3ccc(-c4cccc(-c5ccc6c(c5)C5(c7ccccc7-6)c6ccccc6C(C)(C)c6ccccc65)c4)cc3)cc21. The van der Waals surface area contributed by atoms with Crippen molar-refractivity contribution >= 4 is 17.1 Å². The number of hydrogen-bond acceptors (Lipinski definition) is 1. The Morgan fingerprint density at radius 1 is 0.258 bits per heavy atom. The Balaban J connectivity index is 0.943. The maximum atomic E-state index is 2.50. The van der Waals surface area contributed by atoms with E-state index in [0.717, 1.165) is 17.1 Å². The largest absolute Gasteiger partial charge is 0.310 e. The van der Waals surface area contributed by atoms with E-state index in [1.165, 1.54) is 89.0 Å². The number of nitrogens with zero attached hydrogens (tertiary/aromatic N) is 1. The van der Waals surface area contributed by atoms with Crippen molar-refractivity contribution in [3.05, 3.63) is 257 Å². The van der Waals surface area contributed by atoms with Crippen LogP contribution in [0.25, 0.3) is 44.5 Å². The van der Waals surface area contributed by atoms with Crippen LogP contribution >= 0.6 is 0 Å². The molecule has 296 valence electrons. The Hall–Kier alpha value is -7.22. The molecule has 0 N–H and O–H groups in total. The standard InChI is InChI=1S/C61H47N/c1-59(2)51-23-10-8-21-47(51)49-36-34-46(39-57(49)59)62(44-19-6-5-7-20-44)45-32-29-40(30-33-45)41-17-16-18-42(37-41)43-31-35-50-48-22-9-11-24-52(48)61(58(50)38-43)55-27-14-12-25-53(55)60(3,4)54-26-13-15-28-56(54)61/h5-39H,1-4H3. The van der Waals surface area contributed by atoms with Crippen molar-refractivity contribution in [1.29, 1.82) is 0 Å².